The Hall–Kier alpha value is -1.39. The summed E-state index contributed by atoms with van der Waals surface area (Å²) < 4.78 is 0. The minimum absolute atomic E-state index is 0.0510. The van der Waals surface area contributed by atoms with E-state index in [0.717, 1.165) is 12.8 Å². The standard InChI is InChI=1S/C10H16N4O/c1-4-8-5-6(2)14(8)10(15)9-11-7(3)12-13-9/h6,8H,4-5H2,1-3H3,(H,11,12,13). The van der Waals surface area contributed by atoms with Crippen LogP contribution in [0, 0.1) is 6.92 Å². The summed E-state index contributed by atoms with van der Waals surface area (Å²) in [6, 6.07) is 0.688. The molecule has 5 heteroatoms. The fourth-order valence-corrected chi connectivity index (χ4v) is 2.13. The zero-order valence-electron chi connectivity index (χ0n) is 9.32. The van der Waals surface area contributed by atoms with Crippen molar-refractivity contribution in [3.8, 4) is 0 Å². The Labute approximate surface area is 88.9 Å². The van der Waals surface area contributed by atoms with Crippen LogP contribution in [0.15, 0.2) is 0 Å². The molecule has 5 nitrogen and oxygen atoms in total. The van der Waals surface area contributed by atoms with E-state index in [1.54, 1.807) is 6.92 Å². The van der Waals surface area contributed by atoms with Crippen molar-refractivity contribution in [3.05, 3.63) is 11.6 Å². The Balaban J connectivity index is 2.14. The van der Waals surface area contributed by atoms with Gasteiger partial charge in [-0.3, -0.25) is 9.89 Å². The van der Waals surface area contributed by atoms with Gasteiger partial charge in [-0.2, -0.15) is 0 Å². The molecule has 1 N–H and O–H groups in total. The minimum atomic E-state index is -0.0510. The average molecular weight is 208 g/mol. The first kappa shape index (κ1) is 10.1. The van der Waals surface area contributed by atoms with Gasteiger partial charge in [-0.05, 0) is 26.7 Å². The van der Waals surface area contributed by atoms with E-state index < -0.39 is 0 Å². The van der Waals surface area contributed by atoms with Crippen LogP contribution in [0.2, 0.25) is 0 Å². The number of carbonyl (C=O) groups is 1. The molecule has 1 aliphatic heterocycles. The summed E-state index contributed by atoms with van der Waals surface area (Å²) in [5.41, 5.74) is 0. The summed E-state index contributed by atoms with van der Waals surface area (Å²) >= 11 is 0. The lowest BCUT2D eigenvalue weighted by molar-refractivity contribution is 0.0187. The summed E-state index contributed by atoms with van der Waals surface area (Å²) in [6.45, 7) is 5.95. The lowest BCUT2D eigenvalue weighted by atomic mass is 9.92. The van der Waals surface area contributed by atoms with Gasteiger partial charge in [0, 0.05) is 12.1 Å². The first-order chi connectivity index (χ1) is 7.13. The lowest BCUT2D eigenvalue weighted by Crippen LogP contribution is -2.57. The largest absolute Gasteiger partial charge is 0.330 e. The van der Waals surface area contributed by atoms with Crippen LogP contribution in [0.5, 0.6) is 0 Å². The number of aryl methyl sites for hydroxylation is 1. The van der Waals surface area contributed by atoms with Crippen LogP contribution in [0.25, 0.3) is 0 Å². The van der Waals surface area contributed by atoms with Crippen LogP contribution in [-0.4, -0.2) is 38.1 Å². The number of nitrogens with one attached hydrogen (secondary N) is 1. The second-order valence-corrected chi connectivity index (χ2v) is 4.10. The Kier molecular flexibility index (Phi) is 2.46. The van der Waals surface area contributed by atoms with Crippen molar-refractivity contribution >= 4 is 5.91 Å². The van der Waals surface area contributed by atoms with Gasteiger partial charge in [0.15, 0.2) is 0 Å². The Morgan fingerprint density at radius 3 is 2.87 bits per heavy atom. The topological polar surface area (TPSA) is 61.9 Å². The number of hydrogen-bond donors (Lipinski definition) is 1. The zero-order valence-corrected chi connectivity index (χ0v) is 9.32. The van der Waals surface area contributed by atoms with Crippen LogP contribution in [0.4, 0.5) is 0 Å². The predicted octanol–water partition coefficient (Wildman–Crippen LogP) is 1.13. The third kappa shape index (κ3) is 1.62. The maximum atomic E-state index is 12.0. The van der Waals surface area contributed by atoms with Gasteiger partial charge in [0.1, 0.15) is 5.82 Å². The van der Waals surface area contributed by atoms with E-state index in [1.165, 1.54) is 0 Å². The minimum Gasteiger partial charge on any atom is -0.330 e. The van der Waals surface area contributed by atoms with Crippen molar-refractivity contribution in [2.24, 2.45) is 0 Å². The molecular weight excluding hydrogens is 192 g/mol. The maximum Gasteiger partial charge on any atom is 0.294 e. The van der Waals surface area contributed by atoms with E-state index in [9.17, 15) is 4.79 Å². The van der Waals surface area contributed by atoms with Gasteiger partial charge in [-0.25, -0.2) is 4.98 Å². The van der Waals surface area contributed by atoms with E-state index in [1.807, 2.05) is 4.90 Å². The highest BCUT2D eigenvalue weighted by Crippen LogP contribution is 2.28. The second kappa shape index (κ2) is 3.64. The van der Waals surface area contributed by atoms with E-state index in [-0.39, 0.29) is 11.7 Å². The maximum absolute atomic E-state index is 12.0. The first-order valence-corrected chi connectivity index (χ1v) is 5.35. The summed E-state index contributed by atoms with van der Waals surface area (Å²) in [5, 5.41) is 6.59. The Morgan fingerprint density at radius 1 is 1.67 bits per heavy atom. The van der Waals surface area contributed by atoms with Crippen LogP contribution >= 0.6 is 0 Å². The highest BCUT2D eigenvalue weighted by Gasteiger charge is 2.39. The third-order valence-electron chi connectivity index (χ3n) is 2.98. The summed E-state index contributed by atoms with van der Waals surface area (Å²) in [7, 11) is 0. The summed E-state index contributed by atoms with van der Waals surface area (Å²) in [4.78, 5) is 17.9. The monoisotopic (exact) mass is 208 g/mol. The van der Waals surface area contributed by atoms with Gasteiger partial charge in [0.2, 0.25) is 5.82 Å². The molecule has 0 bridgehead atoms. The first-order valence-electron chi connectivity index (χ1n) is 5.35. The number of aromatic nitrogens is 3. The predicted molar refractivity (Wildman–Crippen MR) is 55.4 cm³/mol. The Morgan fingerprint density at radius 2 is 2.40 bits per heavy atom. The van der Waals surface area contributed by atoms with E-state index in [2.05, 4.69) is 29.0 Å². The highest BCUT2D eigenvalue weighted by molar-refractivity contribution is 5.91. The SMILES string of the molecule is CCC1CC(C)N1C(=O)c1n[nH]c(C)n1. The van der Waals surface area contributed by atoms with E-state index >= 15 is 0 Å². The molecule has 1 amide bonds. The second-order valence-electron chi connectivity index (χ2n) is 4.10. The number of H-pyrrole nitrogens is 1. The number of amides is 1. The van der Waals surface area contributed by atoms with Crippen molar-refractivity contribution < 1.29 is 4.79 Å². The van der Waals surface area contributed by atoms with Crippen molar-refractivity contribution in [2.75, 3.05) is 0 Å². The molecule has 0 aliphatic carbocycles. The normalized spacial score (nSPS) is 25.1. The molecule has 0 radical (unpaired) electrons. The molecular formula is C10H16N4O. The molecule has 2 heterocycles. The van der Waals surface area contributed by atoms with Crippen LogP contribution < -0.4 is 0 Å². The molecule has 0 saturated carbocycles. The third-order valence-corrected chi connectivity index (χ3v) is 2.98. The van der Waals surface area contributed by atoms with E-state index in [4.69, 9.17) is 0 Å². The molecule has 1 aromatic heterocycles. The van der Waals surface area contributed by atoms with Gasteiger partial charge in [0.25, 0.3) is 5.91 Å². The zero-order chi connectivity index (χ0) is 11.0. The van der Waals surface area contributed by atoms with Gasteiger partial charge < -0.3 is 4.90 Å². The number of likely N-dealkylation sites (tertiary alicyclic amines) is 1. The van der Waals surface area contributed by atoms with Gasteiger partial charge >= 0.3 is 0 Å². The summed E-state index contributed by atoms with van der Waals surface area (Å²) in [5.74, 6) is 0.919. The van der Waals surface area contributed by atoms with Gasteiger partial charge in [-0.1, -0.05) is 6.92 Å². The highest BCUT2D eigenvalue weighted by atomic mass is 16.2. The quantitative estimate of drug-likeness (QED) is 0.792. The van der Waals surface area contributed by atoms with Gasteiger partial charge in [-0.15, -0.1) is 5.10 Å². The molecule has 0 aromatic carbocycles. The number of aromatic amines is 1. The fourth-order valence-electron chi connectivity index (χ4n) is 2.13. The molecule has 0 spiro atoms. The van der Waals surface area contributed by atoms with Crippen LogP contribution in [-0.2, 0) is 0 Å². The fraction of sp³-hybridized carbons (Fsp3) is 0.700. The number of hydrogen-bond acceptors (Lipinski definition) is 3. The molecule has 15 heavy (non-hydrogen) atoms. The number of carbonyl (C=O) groups excluding carboxylic acids is 1. The van der Waals surface area contributed by atoms with Crippen molar-refractivity contribution in [3.63, 3.8) is 0 Å². The van der Waals surface area contributed by atoms with Crippen molar-refractivity contribution in [1.82, 2.24) is 20.1 Å². The molecule has 1 aliphatic rings. The van der Waals surface area contributed by atoms with Crippen molar-refractivity contribution in [2.45, 2.75) is 45.7 Å². The Bertz CT molecular complexity index is 373. The summed E-state index contributed by atoms with van der Waals surface area (Å²) in [6.07, 6.45) is 2.09. The molecule has 2 unspecified atom stereocenters. The molecule has 2 rings (SSSR count). The molecule has 2 atom stereocenters. The number of nitrogens with zero attached hydrogens (tertiary/aromatic N) is 3. The lowest BCUT2D eigenvalue weighted by Gasteiger charge is -2.46. The van der Waals surface area contributed by atoms with Crippen molar-refractivity contribution in [1.29, 1.82) is 0 Å². The van der Waals surface area contributed by atoms with E-state index in [0.29, 0.717) is 17.9 Å². The molecule has 1 aromatic rings. The van der Waals surface area contributed by atoms with Crippen LogP contribution in [0.3, 0.4) is 0 Å². The smallest absolute Gasteiger partial charge is 0.294 e. The van der Waals surface area contributed by atoms with Gasteiger partial charge in [0.05, 0.1) is 0 Å². The molecule has 82 valence electrons. The van der Waals surface area contributed by atoms with Crippen LogP contribution in [0.1, 0.15) is 43.1 Å². The molecule has 1 saturated heterocycles. The molecule has 1 fully saturated rings. The average Bonchev–Trinajstić information content (AvgIpc) is 2.60. The number of rotatable bonds is 2.